The molecule has 0 radical (unpaired) electrons. The van der Waals surface area contributed by atoms with Crippen LogP contribution in [0, 0.1) is 0 Å². The normalized spacial score (nSPS) is 17.0. The van der Waals surface area contributed by atoms with Crippen molar-refractivity contribution < 1.29 is 9.47 Å². The summed E-state index contributed by atoms with van der Waals surface area (Å²) in [6.07, 6.45) is 6.92. The molecule has 3 aromatic carbocycles. The molecule has 0 aliphatic carbocycles. The smallest absolute Gasteiger partial charge is 0.260 e. The summed E-state index contributed by atoms with van der Waals surface area (Å²) in [4.78, 5) is 0. The van der Waals surface area contributed by atoms with E-state index < -0.39 is 0 Å². The first-order chi connectivity index (χ1) is 10.4. The van der Waals surface area contributed by atoms with E-state index in [-0.39, 0.29) is 6.29 Å². The zero-order chi connectivity index (χ0) is 14.1. The van der Waals surface area contributed by atoms with Gasteiger partial charge in [-0.1, -0.05) is 36.4 Å². The van der Waals surface area contributed by atoms with Crippen molar-refractivity contribution in [1.29, 1.82) is 0 Å². The Kier molecular flexibility index (Phi) is 2.86. The molecule has 1 atom stereocenters. The topological polar surface area (TPSA) is 18.5 Å². The Bertz CT molecular complexity index is 862. The van der Waals surface area contributed by atoms with Crippen LogP contribution in [0.15, 0.2) is 79.1 Å². The van der Waals surface area contributed by atoms with Gasteiger partial charge in [-0.05, 0) is 58.0 Å². The van der Waals surface area contributed by atoms with E-state index in [2.05, 4.69) is 48.5 Å². The van der Waals surface area contributed by atoms with E-state index in [4.69, 9.17) is 9.47 Å². The molecule has 0 fully saturated rings. The van der Waals surface area contributed by atoms with Gasteiger partial charge in [-0.15, -0.1) is 0 Å². The molecule has 1 heterocycles. The highest BCUT2D eigenvalue weighted by Crippen LogP contribution is 2.27. The lowest BCUT2D eigenvalue weighted by atomic mass is 10.0. The number of fused-ring (bicyclic) bond motifs is 2. The first-order valence-electron chi connectivity index (χ1n) is 6.96. The summed E-state index contributed by atoms with van der Waals surface area (Å²) in [5.74, 6) is 0.808. The molecule has 2 nitrogen and oxygen atoms in total. The third-order valence-corrected chi connectivity index (χ3v) is 3.60. The zero-order valence-corrected chi connectivity index (χ0v) is 11.4. The summed E-state index contributed by atoms with van der Waals surface area (Å²) in [6, 6.07) is 18.9. The van der Waals surface area contributed by atoms with E-state index in [1.165, 1.54) is 21.5 Å². The van der Waals surface area contributed by atoms with E-state index in [1.807, 2.05) is 24.3 Å². The predicted molar refractivity (Wildman–Crippen MR) is 85.2 cm³/mol. The van der Waals surface area contributed by atoms with Gasteiger partial charge in [-0.3, -0.25) is 0 Å². The van der Waals surface area contributed by atoms with Crippen molar-refractivity contribution in [3.8, 4) is 5.75 Å². The summed E-state index contributed by atoms with van der Waals surface area (Å²) in [5.41, 5.74) is 0. The lowest BCUT2D eigenvalue weighted by Crippen LogP contribution is -2.16. The van der Waals surface area contributed by atoms with E-state index >= 15 is 0 Å². The SMILES string of the molecule is C1=COC(Oc2ccc3cc4ccccc4cc3c2)C=C1. The van der Waals surface area contributed by atoms with Crippen molar-refractivity contribution in [3.63, 3.8) is 0 Å². The Morgan fingerprint density at radius 1 is 0.762 bits per heavy atom. The van der Waals surface area contributed by atoms with Crippen LogP contribution < -0.4 is 4.74 Å². The van der Waals surface area contributed by atoms with Crippen molar-refractivity contribution in [2.24, 2.45) is 0 Å². The molecule has 0 amide bonds. The maximum atomic E-state index is 5.82. The molecule has 1 aliphatic heterocycles. The Morgan fingerprint density at radius 2 is 1.52 bits per heavy atom. The monoisotopic (exact) mass is 274 g/mol. The molecular formula is C19H14O2. The second-order valence-electron chi connectivity index (χ2n) is 5.04. The first-order valence-corrected chi connectivity index (χ1v) is 6.96. The van der Waals surface area contributed by atoms with Crippen LogP contribution in [0.1, 0.15) is 0 Å². The maximum absolute atomic E-state index is 5.82. The van der Waals surface area contributed by atoms with Crippen LogP contribution in [-0.4, -0.2) is 6.29 Å². The largest absolute Gasteiger partial charge is 0.459 e. The highest BCUT2D eigenvalue weighted by molar-refractivity contribution is 5.98. The van der Waals surface area contributed by atoms with Gasteiger partial charge < -0.3 is 9.47 Å². The average Bonchev–Trinajstić information content (AvgIpc) is 2.54. The number of ether oxygens (including phenoxy) is 2. The van der Waals surface area contributed by atoms with Crippen LogP contribution in [-0.2, 0) is 4.74 Å². The van der Waals surface area contributed by atoms with Gasteiger partial charge in [0, 0.05) is 0 Å². The van der Waals surface area contributed by atoms with Crippen LogP contribution in [0.2, 0.25) is 0 Å². The van der Waals surface area contributed by atoms with Gasteiger partial charge in [-0.25, -0.2) is 0 Å². The second-order valence-corrected chi connectivity index (χ2v) is 5.04. The number of rotatable bonds is 2. The molecule has 0 saturated heterocycles. The minimum Gasteiger partial charge on any atom is -0.459 e. The van der Waals surface area contributed by atoms with Crippen molar-refractivity contribution >= 4 is 21.5 Å². The average molecular weight is 274 g/mol. The molecule has 1 aliphatic rings. The van der Waals surface area contributed by atoms with Crippen LogP contribution in [0.25, 0.3) is 21.5 Å². The number of allylic oxidation sites excluding steroid dienone is 2. The quantitative estimate of drug-likeness (QED) is 0.625. The fourth-order valence-corrected chi connectivity index (χ4v) is 2.56. The number of benzene rings is 3. The third kappa shape index (κ3) is 2.36. The lowest BCUT2D eigenvalue weighted by Gasteiger charge is -2.17. The number of hydrogen-bond donors (Lipinski definition) is 0. The minimum atomic E-state index is -0.354. The standard InChI is InChI=1S/C19H14O2/c1-2-6-15-12-17-13-18(21-19-7-3-4-10-20-19)9-8-16(17)11-14(15)5-1/h1-13,19H. The first kappa shape index (κ1) is 12.0. The summed E-state index contributed by atoms with van der Waals surface area (Å²) < 4.78 is 11.2. The molecule has 102 valence electrons. The molecule has 0 bridgehead atoms. The van der Waals surface area contributed by atoms with Crippen molar-refractivity contribution in [1.82, 2.24) is 0 Å². The molecule has 0 spiro atoms. The third-order valence-electron chi connectivity index (χ3n) is 3.60. The van der Waals surface area contributed by atoms with Crippen LogP contribution in [0.4, 0.5) is 0 Å². The lowest BCUT2D eigenvalue weighted by molar-refractivity contribution is 0.00797. The van der Waals surface area contributed by atoms with Gasteiger partial charge in [0.25, 0.3) is 6.29 Å². The van der Waals surface area contributed by atoms with Crippen molar-refractivity contribution in [3.05, 3.63) is 79.1 Å². The molecule has 0 saturated carbocycles. The summed E-state index contributed by atoms with van der Waals surface area (Å²) in [6.45, 7) is 0. The van der Waals surface area contributed by atoms with Gasteiger partial charge in [0.15, 0.2) is 0 Å². The van der Waals surface area contributed by atoms with Crippen LogP contribution >= 0.6 is 0 Å². The highest BCUT2D eigenvalue weighted by atomic mass is 16.7. The second kappa shape index (κ2) is 4.98. The molecule has 4 rings (SSSR count). The molecule has 3 aromatic rings. The number of hydrogen-bond acceptors (Lipinski definition) is 2. The van der Waals surface area contributed by atoms with Gasteiger partial charge in [0.1, 0.15) is 5.75 Å². The summed E-state index contributed by atoms with van der Waals surface area (Å²) in [7, 11) is 0. The van der Waals surface area contributed by atoms with E-state index in [0.717, 1.165) is 5.75 Å². The zero-order valence-electron chi connectivity index (χ0n) is 11.4. The van der Waals surface area contributed by atoms with Crippen LogP contribution in [0.5, 0.6) is 5.75 Å². The molecular weight excluding hydrogens is 260 g/mol. The fourth-order valence-electron chi connectivity index (χ4n) is 2.56. The summed E-state index contributed by atoms with van der Waals surface area (Å²) >= 11 is 0. The maximum Gasteiger partial charge on any atom is 0.260 e. The minimum absolute atomic E-state index is 0.354. The molecule has 21 heavy (non-hydrogen) atoms. The Labute approximate surface area is 122 Å². The van der Waals surface area contributed by atoms with E-state index in [1.54, 1.807) is 6.26 Å². The Hall–Kier alpha value is -2.74. The highest BCUT2D eigenvalue weighted by Gasteiger charge is 2.08. The van der Waals surface area contributed by atoms with E-state index in [9.17, 15) is 0 Å². The molecule has 1 unspecified atom stereocenters. The predicted octanol–water partition coefficient (Wildman–Crippen LogP) is 4.80. The van der Waals surface area contributed by atoms with Gasteiger partial charge in [0.05, 0.1) is 6.26 Å². The molecule has 0 aromatic heterocycles. The van der Waals surface area contributed by atoms with Gasteiger partial charge >= 0.3 is 0 Å². The molecule has 2 heteroatoms. The van der Waals surface area contributed by atoms with Gasteiger partial charge in [-0.2, -0.15) is 0 Å². The molecule has 0 N–H and O–H groups in total. The fraction of sp³-hybridized carbons (Fsp3) is 0.0526. The van der Waals surface area contributed by atoms with Crippen LogP contribution in [0.3, 0.4) is 0 Å². The Morgan fingerprint density at radius 3 is 2.29 bits per heavy atom. The van der Waals surface area contributed by atoms with Gasteiger partial charge in [0.2, 0.25) is 0 Å². The Balaban J connectivity index is 1.73. The summed E-state index contributed by atoms with van der Waals surface area (Å²) in [5, 5.41) is 4.86. The van der Waals surface area contributed by atoms with E-state index in [0.29, 0.717) is 0 Å². The van der Waals surface area contributed by atoms with Crippen molar-refractivity contribution in [2.75, 3.05) is 0 Å². The van der Waals surface area contributed by atoms with Crippen molar-refractivity contribution in [2.45, 2.75) is 6.29 Å².